The number of aryl methyl sites for hydroxylation is 1. The molecule has 2 aromatic rings. The average Bonchev–Trinajstić information content (AvgIpc) is 2.84. The van der Waals surface area contributed by atoms with E-state index in [0.29, 0.717) is 12.5 Å². The van der Waals surface area contributed by atoms with Gasteiger partial charge in [-0.15, -0.1) is 0 Å². The molecule has 1 unspecified atom stereocenters. The maximum absolute atomic E-state index is 5.85. The molecule has 2 nitrogen and oxygen atoms in total. The van der Waals surface area contributed by atoms with E-state index < -0.39 is 0 Å². The van der Waals surface area contributed by atoms with Gasteiger partial charge in [0.2, 0.25) is 0 Å². The van der Waals surface area contributed by atoms with E-state index in [-0.39, 0.29) is 0 Å². The molecule has 0 fully saturated rings. The summed E-state index contributed by atoms with van der Waals surface area (Å²) in [5, 5.41) is 0. The second kappa shape index (κ2) is 5.69. The Hall–Kier alpha value is -1.54. The summed E-state index contributed by atoms with van der Waals surface area (Å²) in [4.78, 5) is 0. The van der Waals surface area contributed by atoms with Crippen molar-refractivity contribution in [3.63, 3.8) is 0 Å². The van der Waals surface area contributed by atoms with Gasteiger partial charge in [-0.2, -0.15) is 0 Å². The van der Waals surface area contributed by atoms with Crippen LogP contribution in [0.2, 0.25) is 0 Å². The van der Waals surface area contributed by atoms with Crippen LogP contribution in [0.15, 0.2) is 47.1 Å². The summed E-state index contributed by atoms with van der Waals surface area (Å²) < 4.78 is 5.38. The highest BCUT2D eigenvalue weighted by atomic mass is 16.3. The Labute approximate surface area is 102 Å². The number of furan rings is 1. The Morgan fingerprint density at radius 1 is 1.12 bits per heavy atom. The van der Waals surface area contributed by atoms with E-state index in [1.807, 2.05) is 12.1 Å². The van der Waals surface area contributed by atoms with Gasteiger partial charge in [-0.3, -0.25) is 0 Å². The summed E-state index contributed by atoms with van der Waals surface area (Å²) in [6, 6.07) is 12.4. The number of rotatable bonds is 5. The molecule has 0 saturated carbocycles. The van der Waals surface area contributed by atoms with E-state index in [4.69, 9.17) is 10.2 Å². The number of hydrogen-bond donors (Lipinski definition) is 1. The first-order valence-electron chi connectivity index (χ1n) is 6.06. The molecule has 1 heterocycles. The Kier molecular flexibility index (Phi) is 3.99. The summed E-state index contributed by atoms with van der Waals surface area (Å²) >= 11 is 0. The lowest BCUT2D eigenvalue weighted by molar-refractivity contribution is 0.440. The largest absolute Gasteiger partial charge is 0.469 e. The minimum absolute atomic E-state index is 0.447. The van der Waals surface area contributed by atoms with Gasteiger partial charge in [-0.25, -0.2) is 0 Å². The van der Waals surface area contributed by atoms with Gasteiger partial charge in [-0.05, 0) is 49.1 Å². The first kappa shape index (κ1) is 11.9. The van der Waals surface area contributed by atoms with E-state index in [1.54, 1.807) is 6.26 Å². The number of hydrogen-bond acceptors (Lipinski definition) is 2. The molecule has 0 amide bonds. The van der Waals surface area contributed by atoms with E-state index >= 15 is 0 Å². The van der Waals surface area contributed by atoms with Crippen LogP contribution in [-0.2, 0) is 12.8 Å². The Balaban J connectivity index is 2.03. The fourth-order valence-corrected chi connectivity index (χ4v) is 2.10. The third-order valence-corrected chi connectivity index (χ3v) is 3.17. The molecule has 90 valence electrons. The maximum Gasteiger partial charge on any atom is 0.104 e. The molecule has 0 spiro atoms. The highest BCUT2D eigenvalue weighted by Crippen LogP contribution is 2.16. The van der Waals surface area contributed by atoms with Crippen LogP contribution in [0.5, 0.6) is 0 Å². The lowest BCUT2D eigenvalue weighted by atomic mass is 9.93. The fourth-order valence-electron chi connectivity index (χ4n) is 2.10. The SMILES string of the molecule is Cc1ccccc1CC(CN)Cc1ccco1. The molecule has 0 saturated heterocycles. The van der Waals surface area contributed by atoms with Crippen LogP contribution in [0.3, 0.4) is 0 Å². The molecule has 2 rings (SSSR count). The van der Waals surface area contributed by atoms with Crippen molar-refractivity contribution in [3.8, 4) is 0 Å². The molecular weight excluding hydrogens is 210 g/mol. The van der Waals surface area contributed by atoms with Gasteiger partial charge in [0.15, 0.2) is 0 Å². The molecule has 0 aliphatic carbocycles. The van der Waals surface area contributed by atoms with Crippen molar-refractivity contribution in [3.05, 3.63) is 59.5 Å². The standard InChI is InChI=1S/C15H19NO/c1-12-5-2-3-6-14(12)9-13(11-16)10-15-7-4-8-17-15/h2-8,13H,9-11,16H2,1H3. The topological polar surface area (TPSA) is 39.2 Å². The Bertz CT molecular complexity index is 448. The lowest BCUT2D eigenvalue weighted by Crippen LogP contribution is -2.19. The van der Waals surface area contributed by atoms with Crippen molar-refractivity contribution < 1.29 is 4.42 Å². The zero-order valence-corrected chi connectivity index (χ0v) is 10.2. The minimum atomic E-state index is 0.447. The van der Waals surface area contributed by atoms with Gasteiger partial charge in [0.1, 0.15) is 5.76 Å². The molecule has 0 aliphatic rings. The van der Waals surface area contributed by atoms with Crippen molar-refractivity contribution >= 4 is 0 Å². The van der Waals surface area contributed by atoms with Crippen molar-refractivity contribution in [2.75, 3.05) is 6.54 Å². The van der Waals surface area contributed by atoms with Crippen LogP contribution in [0.4, 0.5) is 0 Å². The second-order valence-electron chi connectivity index (χ2n) is 4.52. The number of nitrogens with two attached hydrogens (primary N) is 1. The van der Waals surface area contributed by atoms with Gasteiger partial charge in [0.25, 0.3) is 0 Å². The van der Waals surface area contributed by atoms with Crippen LogP contribution in [0.1, 0.15) is 16.9 Å². The monoisotopic (exact) mass is 229 g/mol. The molecule has 0 radical (unpaired) electrons. The zero-order valence-electron chi connectivity index (χ0n) is 10.2. The van der Waals surface area contributed by atoms with Gasteiger partial charge in [0, 0.05) is 6.42 Å². The molecule has 0 bridgehead atoms. The third kappa shape index (κ3) is 3.21. The zero-order chi connectivity index (χ0) is 12.1. The summed E-state index contributed by atoms with van der Waals surface area (Å²) in [6.07, 6.45) is 3.65. The highest BCUT2D eigenvalue weighted by molar-refractivity contribution is 5.26. The maximum atomic E-state index is 5.85. The molecule has 2 heteroatoms. The average molecular weight is 229 g/mol. The van der Waals surface area contributed by atoms with Gasteiger partial charge in [0.05, 0.1) is 6.26 Å². The summed E-state index contributed by atoms with van der Waals surface area (Å²) in [5.41, 5.74) is 8.57. The van der Waals surface area contributed by atoms with Crippen LogP contribution in [0.25, 0.3) is 0 Å². The van der Waals surface area contributed by atoms with Gasteiger partial charge >= 0.3 is 0 Å². The van der Waals surface area contributed by atoms with Crippen molar-refractivity contribution in [2.45, 2.75) is 19.8 Å². The summed E-state index contributed by atoms with van der Waals surface area (Å²) in [6.45, 7) is 2.84. The normalized spacial score (nSPS) is 12.6. The second-order valence-corrected chi connectivity index (χ2v) is 4.52. The van der Waals surface area contributed by atoms with Crippen LogP contribution in [-0.4, -0.2) is 6.54 Å². The van der Waals surface area contributed by atoms with E-state index in [0.717, 1.165) is 18.6 Å². The summed E-state index contributed by atoms with van der Waals surface area (Å²) in [7, 11) is 0. The molecule has 1 atom stereocenters. The Morgan fingerprint density at radius 3 is 2.59 bits per heavy atom. The van der Waals surface area contributed by atoms with Crippen LogP contribution in [0, 0.1) is 12.8 Å². The highest BCUT2D eigenvalue weighted by Gasteiger charge is 2.11. The van der Waals surface area contributed by atoms with Crippen LogP contribution >= 0.6 is 0 Å². The Morgan fingerprint density at radius 2 is 1.94 bits per heavy atom. The fraction of sp³-hybridized carbons (Fsp3) is 0.333. The quantitative estimate of drug-likeness (QED) is 0.856. The molecule has 1 aromatic carbocycles. The number of benzene rings is 1. The first-order chi connectivity index (χ1) is 8.29. The summed E-state index contributed by atoms with van der Waals surface area (Å²) in [5.74, 6) is 1.47. The molecular formula is C15H19NO. The van der Waals surface area contributed by atoms with Crippen molar-refractivity contribution in [1.82, 2.24) is 0 Å². The van der Waals surface area contributed by atoms with Gasteiger partial charge < -0.3 is 10.2 Å². The predicted octanol–water partition coefficient (Wildman–Crippen LogP) is 2.95. The third-order valence-electron chi connectivity index (χ3n) is 3.17. The molecule has 1 aromatic heterocycles. The van der Waals surface area contributed by atoms with E-state index in [9.17, 15) is 0 Å². The lowest BCUT2D eigenvalue weighted by Gasteiger charge is -2.14. The molecule has 0 aliphatic heterocycles. The molecule has 17 heavy (non-hydrogen) atoms. The first-order valence-corrected chi connectivity index (χ1v) is 6.06. The molecule has 2 N–H and O–H groups in total. The van der Waals surface area contributed by atoms with E-state index in [1.165, 1.54) is 11.1 Å². The smallest absolute Gasteiger partial charge is 0.104 e. The predicted molar refractivity (Wildman–Crippen MR) is 69.8 cm³/mol. The minimum Gasteiger partial charge on any atom is -0.469 e. The van der Waals surface area contributed by atoms with Gasteiger partial charge in [-0.1, -0.05) is 24.3 Å². The van der Waals surface area contributed by atoms with Crippen LogP contribution < -0.4 is 5.73 Å². The van der Waals surface area contributed by atoms with E-state index in [2.05, 4.69) is 31.2 Å². The van der Waals surface area contributed by atoms with Crippen molar-refractivity contribution in [2.24, 2.45) is 11.7 Å². The van der Waals surface area contributed by atoms with Crippen molar-refractivity contribution in [1.29, 1.82) is 0 Å².